The van der Waals surface area contributed by atoms with Gasteiger partial charge in [0.15, 0.2) is 5.11 Å². The van der Waals surface area contributed by atoms with E-state index in [-0.39, 0.29) is 5.97 Å². The predicted molar refractivity (Wildman–Crippen MR) is 146 cm³/mol. The van der Waals surface area contributed by atoms with E-state index in [9.17, 15) is 4.79 Å². The molecule has 0 bridgehead atoms. The Balaban J connectivity index is 1.71. The van der Waals surface area contributed by atoms with E-state index in [1.54, 1.807) is 19.1 Å². The van der Waals surface area contributed by atoms with E-state index in [0.717, 1.165) is 38.2 Å². The van der Waals surface area contributed by atoms with E-state index >= 15 is 0 Å². The smallest absolute Gasteiger partial charge is 0.338 e. The Bertz CT molecular complexity index is 961. The molecule has 1 aliphatic heterocycles. The summed E-state index contributed by atoms with van der Waals surface area (Å²) in [6, 6.07) is 14.5. The zero-order chi connectivity index (χ0) is 24.5. The summed E-state index contributed by atoms with van der Waals surface area (Å²) in [7, 11) is 0. The number of hydrogen-bond acceptors (Lipinski definition) is 4. The number of anilines is 2. The molecule has 1 N–H and O–H groups in total. The molecule has 184 valence electrons. The van der Waals surface area contributed by atoms with Crippen molar-refractivity contribution in [2.75, 3.05) is 29.9 Å². The van der Waals surface area contributed by atoms with Crippen molar-refractivity contribution >= 4 is 34.7 Å². The highest BCUT2D eigenvalue weighted by Crippen LogP contribution is 2.29. The number of thiocarbonyl (C=S) groups is 1. The average molecular weight is 482 g/mol. The van der Waals surface area contributed by atoms with Gasteiger partial charge in [-0.2, -0.15) is 0 Å². The van der Waals surface area contributed by atoms with Gasteiger partial charge in [0.05, 0.1) is 12.2 Å². The van der Waals surface area contributed by atoms with Gasteiger partial charge in [0, 0.05) is 37.1 Å². The first-order valence-electron chi connectivity index (χ1n) is 12.7. The lowest BCUT2D eigenvalue weighted by Crippen LogP contribution is -2.40. The van der Waals surface area contributed by atoms with Crippen LogP contribution in [0, 0.1) is 0 Å². The minimum Gasteiger partial charge on any atom is -0.462 e. The van der Waals surface area contributed by atoms with E-state index in [1.165, 1.54) is 36.1 Å². The second kappa shape index (κ2) is 12.7. The Morgan fingerprint density at radius 1 is 1.18 bits per heavy atom. The predicted octanol–water partition coefficient (Wildman–Crippen LogP) is 6.41. The molecular formula is C28H39N3O2S. The fourth-order valence-electron chi connectivity index (χ4n) is 4.35. The number of ether oxygens (including phenoxy) is 1. The van der Waals surface area contributed by atoms with Crippen LogP contribution in [0.4, 0.5) is 11.4 Å². The monoisotopic (exact) mass is 481 g/mol. The Hall–Kier alpha value is -2.60. The van der Waals surface area contributed by atoms with Crippen molar-refractivity contribution in [2.45, 2.75) is 72.4 Å². The minimum atomic E-state index is -0.307. The first-order valence-corrected chi connectivity index (χ1v) is 13.1. The summed E-state index contributed by atoms with van der Waals surface area (Å²) in [5.41, 5.74) is 5.55. The highest BCUT2D eigenvalue weighted by atomic mass is 32.1. The van der Waals surface area contributed by atoms with Crippen molar-refractivity contribution in [1.29, 1.82) is 0 Å². The maximum atomic E-state index is 11.9. The number of fused-ring (bicyclic) bond motifs is 1. The summed E-state index contributed by atoms with van der Waals surface area (Å²) in [5, 5.41) is 4.06. The van der Waals surface area contributed by atoms with Crippen LogP contribution in [-0.2, 0) is 17.7 Å². The third-order valence-electron chi connectivity index (χ3n) is 6.52. The number of carbonyl (C=O) groups excluding carboxylic acids is 1. The molecule has 3 rings (SSSR count). The topological polar surface area (TPSA) is 44.8 Å². The van der Waals surface area contributed by atoms with Gasteiger partial charge in [0.1, 0.15) is 0 Å². The van der Waals surface area contributed by atoms with Crippen LogP contribution >= 0.6 is 12.2 Å². The fourth-order valence-corrected chi connectivity index (χ4v) is 4.71. The van der Waals surface area contributed by atoms with Crippen molar-refractivity contribution in [1.82, 2.24) is 4.90 Å². The number of unbranched alkanes of at least 4 members (excludes halogenated alkanes) is 1. The third kappa shape index (κ3) is 6.72. The second-order valence-corrected chi connectivity index (χ2v) is 9.41. The molecule has 1 unspecified atom stereocenters. The third-order valence-corrected chi connectivity index (χ3v) is 6.86. The van der Waals surface area contributed by atoms with Gasteiger partial charge in [-0.05, 0) is 93.2 Å². The van der Waals surface area contributed by atoms with E-state index < -0.39 is 0 Å². The highest BCUT2D eigenvalue weighted by molar-refractivity contribution is 7.80. The molecule has 0 fully saturated rings. The zero-order valence-electron chi connectivity index (χ0n) is 21.1. The quantitative estimate of drug-likeness (QED) is 0.312. The Kier molecular flexibility index (Phi) is 9.75. The lowest BCUT2D eigenvalue weighted by molar-refractivity contribution is 0.0526. The second-order valence-electron chi connectivity index (χ2n) is 9.02. The lowest BCUT2D eigenvalue weighted by Gasteiger charge is -2.34. The summed E-state index contributed by atoms with van der Waals surface area (Å²) < 4.78 is 5.07. The summed E-state index contributed by atoms with van der Waals surface area (Å²) in [5.74, 6) is -0.307. The molecule has 0 radical (unpaired) electrons. The van der Waals surface area contributed by atoms with Crippen LogP contribution in [0.3, 0.4) is 0 Å². The van der Waals surface area contributed by atoms with Crippen LogP contribution in [0.5, 0.6) is 0 Å². The van der Waals surface area contributed by atoms with Crippen LogP contribution in [-0.4, -0.2) is 41.7 Å². The first-order chi connectivity index (χ1) is 16.5. The van der Waals surface area contributed by atoms with Crippen LogP contribution in [0.15, 0.2) is 42.5 Å². The summed E-state index contributed by atoms with van der Waals surface area (Å²) >= 11 is 5.83. The Morgan fingerprint density at radius 3 is 2.62 bits per heavy atom. The van der Waals surface area contributed by atoms with Crippen molar-refractivity contribution in [2.24, 2.45) is 0 Å². The van der Waals surface area contributed by atoms with Crippen molar-refractivity contribution in [3.05, 3.63) is 59.2 Å². The van der Waals surface area contributed by atoms with Gasteiger partial charge in [0.25, 0.3) is 0 Å². The van der Waals surface area contributed by atoms with Crippen molar-refractivity contribution in [3.8, 4) is 0 Å². The Labute approximate surface area is 210 Å². The van der Waals surface area contributed by atoms with Crippen molar-refractivity contribution in [3.63, 3.8) is 0 Å². The SMILES string of the molecule is CCCCN1CCCc2cc(CN(C(=S)Nc3ccc(C(=O)OCC)cc3)C(C)CC)ccc21. The van der Waals surface area contributed by atoms with Gasteiger partial charge in [-0.15, -0.1) is 0 Å². The van der Waals surface area contributed by atoms with Crippen LogP contribution < -0.4 is 10.2 Å². The largest absolute Gasteiger partial charge is 0.462 e. The molecule has 2 aromatic carbocycles. The lowest BCUT2D eigenvalue weighted by atomic mass is 9.98. The molecule has 5 nitrogen and oxygen atoms in total. The van der Waals surface area contributed by atoms with Gasteiger partial charge >= 0.3 is 5.97 Å². The summed E-state index contributed by atoms with van der Waals surface area (Å²) in [6.45, 7) is 11.9. The number of benzene rings is 2. The zero-order valence-corrected chi connectivity index (χ0v) is 21.9. The number of hydrogen-bond donors (Lipinski definition) is 1. The maximum absolute atomic E-state index is 11.9. The molecule has 0 amide bonds. The summed E-state index contributed by atoms with van der Waals surface area (Å²) in [4.78, 5) is 16.7. The minimum absolute atomic E-state index is 0.302. The number of nitrogens with one attached hydrogen (secondary N) is 1. The van der Waals surface area contributed by atoms with E-state index in [0.29, 0.717) is 23.3 Å². The molecule has 0 spiro atoms. The molecule has 2 aromatic rings. The van der Waals surface area contributed by atoms with Gasteiger partial charge in [0.2, 0.25) is 0 Å². The van der Waals surface area contributed by atoms with E-state index in [4.69, 9.17) is 17.0 Å². The van der Waals surface area contributed by atoms with Crippen LogP contribution in [0.1, 0.15) is 74.9 Å². The van der Waals surface area contributed by atoms with Gasteiger partial charge < -0.3 is 19.9 Å². The molecular weight excluding hydrogens is 442 g/mol. The number of esters is 1. The van der Waals surface area contributed by atoms with Gasteiger partial charge in [-0.3, -0.25) is 0 Å². The maximum Gasteiger partial charge on any atom is 0.338 e. The molecule has 0 saturated carbocycles. The number of rotatable bonds is 10. The standard InChI is InChI=1S/C28H39N3O2S/c1-5-8-17-30-18-9-10-24-19-22(11-16-26(24)30)20-31(21(4)6-2)28(34)29-25-14-12-23(13-15-25)27(32)33-7-3/h11-16,19,21H,5-10,17-18,20H2,1-4H3,(H,29,34). The first kappa shape index (κ1) is 26.0. The van der Waals surface area contributed by atoms with E-state index in [1.807, 2.05) is 12.1 Å². The molecule has 0 aromatic heterocycles. The molecule has 34 heavy (non-hydrogen) atoms. The number of aryl methyl sites for hydroxylation is 1. The summed E-state index contributed by atoms with van der Waals surface area (Å²) in [6.07, 6.45) is 5.83. The average Bonchev–Trinajstić information content (AvgIpc) is 2.85. The van der Waals surface area contributed by atoms with Crippen molar-refractivity contribution < 1.29 is 9.53 Å². The molecule has 0 aliphatic carbocycles. The van der Waals surface area contributed by atoms with E-state index in [2.05, 4.69) is 54.1 Å². The molecule has 1 aliphatic rings. The Morgan fingerprint density at radius 2 is 1.94 bits per heavy atom. The molecule has 1 atom stereocenters. The molecule has 6 heteroatoms. The van der Waals surface area contributed by atoms with Crippen LogP contribution in [0.2, 0.25) is 0 Å². The highest BCUT2D eigenvalue weighted by Gasteiger charge is 2.20. The number of carbonyl (C=O) groups is 1. The molecule has 0 saturated heterocycles. The van der Waals surface area contributed by atoms with Crippen LogP contribution in [0.25, 0.3) is 0 Å². The normalized spacial score (nSPS) is 13.7. The number of nitrogens with zero attached hydrogens (tertiary/aromatic N) is 2. The fraction of sp³-hybridized carbons (Fsp3) is 0.500. The molecule has 1 heterocycles. The van der Waals surface area contributed by atoms with Gasteiger partial charge in [-0.1, -0.05) is 32.4 Å². The van der Waals surface area contributed by atoms with Gasteiger partial charge in [-0.25, -0.2) is 4.79 Å².